The molecule has 3 rings (SSSR count). The Morgan fingerprint density at radius 3 is 2.60 bits per heavy atom. The van der Waals surface area contributed by atoms with Gasteiger partial charge >= 0.3 is 0 Å². The highest BCUT2D eigenvalue weighted by Gasteiger charge is 2.25. The van der Waals surface area contributed by atoms with E-state index in [0.717, 1.165) is 35.9 Å². The van der Waals surface area contributed by atoms with Crippen molar-refractivity contribution in [2.75, 3.05) is 31.1 Å². The molecule has 7 heteroatoms. The number of nitrogens with zero attached hydrogens (tertiary/aromatic N) is 1. The number of hydrogen-bond acceptors (Lipinski definition) is 5. The van der Waals surface area contributed by atoms with Crippen LogP contribution >= 0.6 is 11.8 Å². The predicted molar refractivity (Wildman–Crippen MR) is 103 cm³/mol. The van der Waals surface area contributed by atoms with Crippen molar-refractivity contribution in [2.45, 2.75) is 6.04 Å². The SMILES string of the molecule is O=S(=O)(C=Cc1ccccc1)NCC(c1ccco1)N1CCSCC1. The van der Waals surface area contributed by atoms with E-state index in [1.165, 1.54) is 5.41 Å². The summed E-state index contributed by atoms with van der Waals surface area (Å²) >= 11 is 1.92. The molecule has 2 aromatic rings. The minimum absolute atomic E-state index is 0.0872. The van der Waals surface area contributed by atoms with Gasteiger partial charge in [0.1, 0.15) is 5.76 Å². The first-order valence-corrected chi connectivity index (χ1v) is 10.9. The first-order chi connectivity index (χ1) is 12.1. The van der Waals surface area contributed by atoms with Gasteiger partial charge in [0.2, 0.25) is 10.0 Å². The Morgan fingerprint density at radius 2 is 1.92 bits per heavy atom. The number of furan rings is 1. The third kappa shape index (κ3) is 5.47. The van der Waals surface area contributed by atoms with E-state index in [9.17, 15) is 8.42 Å². The summed E-state index contributed by atoms with van der Waals surface area (Å²) in [7, 11) is -3.51. The minimum Gasteiger partial charge on any atom is -0.468 e. The average Bonchev–Trinajstić information content (AvgIpc) is 3.16. The number of sulfonamides is 1. The van der Waals surface area contributed by atoms with Gasteiger partial charge in [-0.2, -0.15) is 11.8 Å². The zero-order valence-corrected chi connectivity index (χ0v) is 15.5. The van der Waals surface area contributed by atoms with Crippen LogP contribution in [0.4, 0.5) is 0 Å². The van der Waals surface area contributed by atoms with Gasteiger partial charge in [-0.05, 0) is 23.8 Å². The van der Waals surface area contributed by atoms with Crippen molar-refractivity contribution < 1.29 is 12.8 Å². The predicted octanol–water partition coefficient (Wildman–Crippen LogP) is 2.96. The summed E-state index contributed by atoms with van der Waals surface area (Å²) in [5, 5.41) is 1.22. The topological polar surface area (TPSA) is 62.6 Å². The lowest BCUT2D eigenvalue weighted by Crippen LogP contribution is -2.41. The third-order valence-electron chi connectivity index (χ3n) is 4.08. The highest BCUT2D eigenvalue weighted by Crippen LogP contribution is 2.24. The molecule has 1 unspecified atom stereocenters. The van der Waals surface area contributed by atoms with Gasteiger partial charge in [-0.3, -0.25) is 4.90 Å². The Labute approximate surface area is 153 Å². The molecule has 25 heavy (non-hydrogen) atoms. The molecule has 1 fully saturated rings. The van der Waals surface area contributed by atoms with Gasteiger partial charge in [0.05, 0.1) is 12.3 Å². The first kappa shape index (κ1) is 18.3. The molecule has 0 bridgehead atoms. The van der Waals surface area contributed by atoms with E-state index < -0.39 is 10.0 Å². The van der Waals surface area contributed by atoms with Gasteiger partial charge < -0.3 is 4.42 Å². The molecule has 0 amide bonds. The summed E-state index contributed by atoms with van der Waals surface area (Å²) in [6.07, 6.45) is 3.23. The van der Waals surface area contributed by atoms with Crippen molar-refractivity contribution in [3.63, 3.8) is 0 Å². The molecule has 0 saturated carbocycles. The van der Waals surface area contributed by atoms with E-state index >= 15 is 0 Å². The summed E-state index contributed by atoms with van der Waals surface area (Å²) < 4.78 is 32.9. The van der Waals surface area contributed by atoms with Crippen LogP contribution < -0.4 is 4.72 Å². The minimum atomic E-state index is -3.51. The van der Waals surface area contributed by atoms with Gasteiger partial charge in [0.15, 0.2) is 0 Å². The Bertz CT molecular complexity index is 768. The largest absolute Gasteiger partial charge is 0.468 e. The maximum Gasteiger partial charge on any atom is 0.233 e. The summed E-state index contributed by atoms with van der Waals surface area (Å²) in [6, 6.07) is 13.0. The molecule has 0 spiro atoms. The van der Waals surface area contributed by atoms with E-state index in [1.807, 2.05) is 54.2 Å². The van der Waals surface area contributed by atoms with Crippen LogP contribution in [0.2, 0.25) is 0 Å². The zero-order chi connectivity index (χ0) is 17.5. The molecule has 0 radical (unpaired) electrons. The molecular weight excluding hydrogens is 356 g/mol. The summed E-state index contributed by atoms with van der Waals surface area (Å²) in [5.41, 5.74) is 0.850. The van der Waals surface area contributed by atoms with Crippen molar-refractivity contribution >= 4 is 27.9 Å². The molecule has 1 aromatic carbocycles. The second-order valence-electron chi connectivity index (χ2n) is 5.79. The number of hydrogen-bond donors (Lipinski definition) is 1. The van der Waals surface area contributed by atoms with Gasteiger partial charge in [0, 0.05) is 36.5 Å². The van der Waals surface area contributed by atoms with Crippen LogP contribution in [0.25, 0.3) is 6.08 Å². The van der Waals surface area contributed by atoms with Crippen LogP contribution in [0.3, 0.4) is 0 Å². The van der Waals surface area contributed by atoms with Gasteiger partial charge in [-0.1, -0.05) is 30.3 Å². The number of rotatable bonds is 7. The molecule has 0 aliphatic carbocycles. The van der Waals surface area contributed by atoms with Crippen LogP contribution in [0.1, 0.15) is 17.4 Å². The molecule has 2 heterocycles. The van der Waals surface area contributed by atoms with Crippen molar-refractivity contribution in [1.82, 2.24) is 9.62 Å². The molecule has 1 N–H and O–H groups in total. The fourth-order valence-corrected chi connectivity index (χ4v) is 4.51. The van der Waals surface area contributed by atoms with E-state index in [-0.39, 0.29) is 6.04 Å². The standard InChI is InChI=1S/C18H22N2O3S2/c21-25(22,14-8-16-5-2-1-3-6-16)19-15-17(18-7-4-11-23-18)20-9-12-24-13-10-20/h1-8,11,14,17,19H,9-10,12-13,15H2. The van der Waals surface area contributed by atoms with E-state index in [0.29, 0.717) is 6.54 Å². The third-order valence-corrected chi connectivity index (χ3v) is 6.08. The van der Waals surface area contributed by atoms with E-state index in [1.54, 1.807) is 12.3 Å². The number of benzene rings is 1. The molecule has 1 saturated heterocycles. The lowest BCUT2D eigenvalue weighted by Gasteiger charge is -2.33. The Kier molecular flexibility index (Phi) is 6.36. The highest BCUT2D eigenvalue weighted by atomic mass is 32.2. The fraction of sp³-hybridized carbons (Fsp3) is 0.333. The number of thioether (sulfide) groups is 1. The zero-order valence-electron chi connectivity index (χ0n) is 13.9. The molecule has 134 valence electrons. The highest BCUT2D eigenvalue weighted by molar-refractivity contribution is 7.99. The van der Waals surface area contributed by atoms with Crippen molar-refractivity contribution in [3.8, 4) is 0 Å². The van der Waals surface area contributed by atoms with E-state index in [4.69, 9.17) is 4.42 Å². The van der Waals surface area contributed by atoms with Crippen LogP contribution in [-0.2, 0) is 10.0 Å². The van der Waals surface area contributed by atoms with Crippen LogP contribution in [-0.4, -0.2) is 44.5 Å². The van der Waals surface area contributed by atoms with Crippen molar-refractivity contribution in [3.05, 3.63) is 65.5 Å². The maximum atomic E-state index is 12.3. The lowest BCUT2D eigenvalue weighted by molar-refractivity contribution is 0.193. The van der Waals surface area contributed by atoms with Crippen LogP contribution in [0.15, 0.2) is 58.6 Å². The first-order valence-electron chi connectivity index (χ1n) is 8.22. The van der Waals surface area contributed by atoms with Gasteiger partial charge in [0.25, 0.3) is 0 Å². The quantitative estimate of drug-likeness (QED) is 0.803. The monoisotopic (exact) mass is 378 g/mol. The Hall–Kier alpha value is -1.54. The summed E-state index contributed by atoms with van der Waals surface area (Å²) in [4.78, 5) is 2.28. The molecule has 1 aliphatic rings. The van der Waals surface area contributed by atoms with Gasteiger partial charge in [-0.25, -0.2) is 13.1 Å². The summed E-state index contributed by atoms with van der Waals surface area (Å²) in [6.45, 7) is 2.15. The molecular formula is C18H22N2O3S2. The lowest BCUT2D eigenvalue weighted by atomic mass is 10.2. The Morgan fingerprint density at radius 1 is 1.16 bits per heavy atom. The van der Waals surface area contributed by atoms with Crippen molar-refractivity contribution in [2.24, 2.45) is 0 Å². The molecule has 5 nitrogen and oxygen atoms in total. The molecule has 1 aromatic heterocycles. The van der Waals surface area contributed by atoms with Crippen LogP contribution in [0, 0.1) is 0 Å². The number of nitrogens with one attached hydrogen (secondary N) is 1. The second kappa shape index (κ2) is 8.71. The molecule has 1 atom stereocenters. The van der Waals surface area contributed by atoms with Gasteiger partial charge in [-0.15, -0.1) is 0 Å². The second-order valence-corrected chi connectivity index (χ2v) is 8.66. The summed E-state index contributed by atoms with van der Waals surface area (Å²) in [5.74, 6) is 2.90. The van der Waals surface area contributed by atoms with Crippen LogP contribution in [0.5, 0.6) is 0 Å². The fourth-order valence-electron chi connectivity index (χ4n) is 2.76. The molecule has 1 aliphatic heterocycles. The normalized spacial score (nSPS) is 17.8. The average molecular weight is 379 g/mol. The maximum absolute atomic E-state index is 12.3. The van der Waals surface area contributed by atoms with Crippen molar-refractivity contribution in [1.29, 1.82) is 0 Å². The Balaban J connectivity index is 1.66. The van der Waals surface area contributed by atoms with E-state index in [2.05, 4.69) is 9.62 Å². The smallest absolute Gasteiger partial charge is 0.233 e.